The van der Waals surface area contributed by atoms with Crippen LogP contribution in [0.2, 0.25) is 0 Å². The fourth-order valence-corrected chi connectivity index (χ4v) is 2.69. The summed E-state index contributed by atoms with van der Waals surface area (Å²) in [6, 6.07) is 4.84. The van der Waals surface area contributed by atoms with Crippen molar-refractivity contribution < 1.29 is 0 Å². The van der Waals surface area contributed by atoms with Gasteiger partial charge in [0.25, 0.3) is 0 Å². The van der Waals surface area contributed by atoms with E-state index in [9.17, 15) is 0 Å². The minimum Gasteiger partial charge on any atom is -0.329 e. The molecule has 0 fully saturated rings. The van der Waals surface area contributed by atoms with E-state index in [-0.39, 0.29) is 0 Å². The van der Waals surface area contributed by atoms with Crippen molar-refractivity contribution in [1.82, 2.24) is 4.90 Å². The highest BCUT2D eigenvalue weighted by Gasteiger charge is 2.12. The first-order chi connectivity index (χ1) is 7.77. The second kappa shape index (κ2) is 7.82. The Labute approximate surface area is 103 Å². The number of unbranched alkanes of at least 4 members (excludes halogenated alkanes) is 2. The molecule has 1 rings (SSSR count). The van der Waals surface area contributed by atoms with Crippen LogP contribution >= 0.6 is 11.3 Å². The van der Waals surface area contributed by atoms with Crippen LogP contribution in [0.25, 0.3) is 0 Å². The second-order valence-corrected chi connectivity index (χ2v) is 5.41. The number of hydrogen-bond acceptors (Lipinski definition) is 3. The molecule has 92 valence electrons. The smallest absolute Gasteiger partial charge is 0.0328 e. The van der Waals surface area contributed by atoms with Crippen molar-refractivity contribution >= 4 is 11.3 Å². The molecule has 0 aliphatic heterocycles. The summed E-state index contributed by atoms with van der Waals surface area (Å²) < 4.78 is 0. The van der Waals surface area contributed by atoms with Gasteiger partial charge in [0.05, 0.1) is 0 Å². The van der Waals surface area contributed by atoms with Crippen LogP contribution in [-0.4, -0.2) is 24.5 Å². The Balaban J connectivity index is 2.33. The van der Waals surface area contributed by atoms with Gasteiger partial charge in [-0.1, -0.05) is 32.3 Å². The average Bonchev–Trinajstić information content (AvgIpc) is 2.77. The van der Waals surface area contributed by atoms with E-state index in [1.165, 1.54) is 30.6 Å². The van der Waals surface area contributed by atoms with Crippen LogP contribution in [0, 0.1) is 0 Å². The number of nitrogens with two attached hydrogens (primary N) is 1. The van der Waals surface area contributed by atoms with Crippen molar-refractivity contribution in [3.63, 3.8) is 0 Å². The first-order valence-corrected chi connectivity index (χ1v) is 7.08. The lowest BCUT2D eigenvalue weighted by Crippen LogP contribution is -2.37. The largest absolute Gasteiger partial charge is 0.329 e. The summed E-state index contributed by atoms with van der Waals surface area (Å²) in [5, 5.41) is 2.14. The Morgan fingerprint density at radius 3 is 2.81 bits per heavy atom. The summed E-state index contributed by atoms with van der Waals surface area (Å²) in [5.41, 5.74) is 5.85. The third-order valence-electron chi connectivity index (χ3n) is 3.02. The second-order valence-electron chi connectivity index (χ2n) is 4.38. The monoisotopic (exact) mass is 240 g/mol. The Morgan fingerprint density at radius 1 is 1.44 bits per heavy atom. The van der Waals surface area contributed by atoms with Crippen LogP contribution in [0.15, 0.2) is 17.5 Å². The molecule has 1 heterocycles. The lowest BCUT2D eigenvalue weighted by molar-refractivity contribution is 0.224. The van der Waals surface area contributed by atoms with Crippen LogP contribution in [0.4, 0.5) is 0 Å². The van der Waals surface area contributed by atoms with Gasteiger partial charge in [0.15, 0.2) is 0 Å². The molecule has 1 unspecified atom stereocenters. The summed E-state index contributed by atoms with van der Waals surface area (Å²) in [7, 11) is 2.18. The molecular formula is C13H24N2S. The number of nitrogens with zero attached hydrogens (tertiary/aromatic N) is 1. The molecule has 2 nitrogen and oxygen atoms in total. The van der Waals surface area contributed by atoms with Gasteiger partial charge in [-0.15, -0.1) is 11.3 Å². The van der Waals surface area contributed by atoms with E-state index in [1.807, 2.05) is 11.3 Å². The molecule has 0 saturated heterocycles. The molecule has 1 aromatic heterocycles. The van der Waals surface area contributed by atoms with Crippen LogP contribution in [-0.2, 0) is 6.54 Å². The number of rotatable bonds is 8. The van der Waals surface area contributed by atoms with E-state index in [0.29, 0.717) is 6.04 Å². The van der Waals surface area contributed by atoms with Crippen LogP contribution in [0.5, 0.6) is 0 Å². The Kier molecular flexibility index (Phi) is 6.69. The van der Waals surface area contributed by atoms with Gasteiger partial charge in [0.2, 0.25) is 0 Å². The summed E-state index contributed by atoms with van der Waals surface area (Å²) in [6.07, 6.45) is 5.13. The molecule has 0 spiro atoms. The van der Waals surface area contributed by atoms with Gasteiger partial charge in [0, 0.05) is 24.0 Å². The highest BCUT2D eigenvalue weighted by atomic mass is 32.1. The lowest BCUT2D eigenvalue weighted by atomic mass is 10.1. The Morgan fingerprint density at radius 2 is 2.25 bits per heavy atom. The molecule has 0 aliphatic carbocycles. The maximum Gasteiger partial charge on any atom is 0.0328 e. The van der Waals surface area contributed by atoms with E-state index >= 15 is 0 Å². The van der Waals surface area contributed by atoms with Crippen molar-refractivity contribution in [1.29, 1.82) is 0 Å². The van der Waals surface area contributed by atoms with Gasteiger partial charge in [-0.2, -0.15) is 0 Å². The predicted molar refractivity (Wildman–Crippen MR) is 72.8 cm³/mol. The van der Waals surface area contributed by atoms with E-state index in [2.05, 4.69) is 36.4 Å². The van der Waals surface area contributed by atoms with Crippen LogP contribution in [0.3, 0.4) is 0 Å². The highest BCUT2D eigenvalue weighted by molar-refractivity contribution is 7.09. The zero-order valence-corrected chi connectivity index (χ0v) is 11.3. The zero-order valence-electron chi connectivity index (χ0n) is 10.5. The summed E-state index contributed by atoms with van der Waals surface area (Å²) in [6.45, 7) is 4.05. The van der Waals surface area contributed by atoms with Gasteiger partial charge in [0.1, 0.15) is 0 Å². The van der Waals surface area contributed by atoms with Crippen LogP contribution in [0.1, 0.15) is 37.5 Å². The van der Waals surface area contributed by atoms with Crippen molar-refractivity contribution in [2.75, 3.05) is 13.6 Å². The molecule has 0 amide bonds. The topological polar surface area (TPSA) is 29.3 Å². The molecule has 16 heavy (non-hydrogen) atoms. The maximum absolute atomic E-state index is 5.85. The van der Waals surface area contributed by atoms with Gasteiger partial charge >= 0.3 is 0 Å². The minimum absolute atomic E-state index is 0.536. The molecule has 0 radical (unpaired) electrons. The Hall–Kier alpha value is -0.380. The van der Waals surface area contributed by atoms with Crippen molar-refractivity contribution in [3.8, 4) is 0 Å². The van der Waals surface area contributed by atoms with E-state index in [4.69, 9.17) is 5.73 Å². The molecule has 1 atom stereocenters. The van der Waals surface area contributed by atoms with Gasteiger partial charge in [-0.25, -0.2) is 0 Å². The van der Waals surface area contributed by atoms with E-state index in [0.717, 1.165) is 13.1 Å². The molecule has 1 aromatic rings. The minimum atomic E-state index is 0.536. The van der Waals surface area contributed by atoms with Crippen molar-refractivity contribution in [2.45, 2.75) is 45.2 Å². The van der Waals surface area contributed by atoms with Gasteiger partial charge < -0.3 is 5.73 Å². The summed E-state index contributed by atoms with van der Waals surface area (Å²) in [5.74, 6) is 0. The number of likely N-dealkylation sites (N-methyl/N-ethyl adjacent to an activating group) is 1. The standard InChI is InChI=1S/C13H24N2S/c1-3-4-5-7-12(10-14)15(2)11-13-8-6-9-16-13/h6,8-9,12H,3-5,7,10-11,14H2,1-2H3. The molecule has 0 saturated carbocycles. The predicted octanol–water partition coefficient (Wildman–Crippen LogP) is 3.09. The van der Waals surface area contributed by atoms with Gasteiger partial charge in [-0.3, -0.25) is 4.90 Å². The molecular weight excluding hydrogens is 216 g/mol. The molecule has 3 heteroatoms. The molecule has 0 aliphatic rings. The zero-order chi connectivity index (χ0) is 11.8. The van der Waals surface area contributed by atoms with Gasteiger partial charge in [-0.05, 0) is 24.9 Å². The molecule has 0 aromatic carbocycles. The third kappa shape index (κ3) is 4.64. The SMILES string of the molecule is CCCCCC(CN)N(C)Cc1cccs1. The number of hydrogen-bond donors (Lipinski definition) is 1. The highest BCUT2D eigenvalue weighted by Crippen LogP contribution is 2.15. The molecule has 0 bridgehead atoms. The van der Waals surface area contributed by atoms with Crippen molar-refractivity contribution in [2.24, 2.45) is 5.73 Å². The van der Waals surface area contributed by atoms with Crippen molar-refractivity contribution in [3.05, 3.63) is 22.4 Å². The molecule has 2 N–H and O–H groups in total. The van der Waals surface area contributed by atoms with Crippen LogP contribution < -0.4 is 5.73 Å². The lowest BCUT2D eigenvalue weighted by Gasteiger charge is -2.26. The first-order valence-electron chi connectivity index (χ1n) is 6.20. The first kappa shape index (κ1) is 13.7. The normalized spacial score (nSPS) is 13.2. The summed E-state index contributed by atoms with van der Waals surface area (Å²) in [4.78, 5) is 3.82. The Bertz CT molecular complexity index is 259. The van der Waals surface area contributed by atoms with E-state index in [1.54, 1.807) is 0 Å². The number of thiophene rings is 1. The fourth-order valence-electron chi connectivity index (χ4n) is 1.93. The third-order valence-corrected chi connectivity index (χ3v) is 3.88. The maximum atomic E-state index is 5.85. The summed E-state index contributed by atoms with van der Waals surface area (Å²) >= 11 is 1.83. The van der Waals surface area contributed by atoms with E-state index < -0.39 is 0 Å². The average molecular weight is 240 g/mol. The fraction of sp³-hybridized carbons (Fsp3) is 0.692. The quantitative estimate of drug-likeness (QED) is 0.708.